The number of allylic oxidation sites excluding steroid dienone is 5. The number of aromatic nitrogens is 1. The molecule has 8 aromatic carbocycles. The first kappa shape index (κ1) is 36.1. The maximum Gasteiger partial charge on any atom is 0.0547 e. The molecular formula is C58H45N. The zero-order chi connectivity index (χ0) is 40.1. The van der Waals surface area contributed by atoms with Crippen molar-refractivity contribution < 1.29 is 0 Å². The van der Waals surface area contributed by atoms with Crippen molar-refractivity contribution in [2.75, 3.05) is 0 Å². The van der Waals surface area contributed by atoms with Crippen molar-refractivity contribution in [1.82, 2.24) is 4.57 Å². The van der Waals surface area contributed by atoms with Gasteiger partial charge in [-0.05, 0) is 139 Å². The summed E-state index contributed by atoms with van der Waals surface area (Å²) in [4.78, 5) is 0. The van der Waals surface area contributed by atoms with Gasteiger partial charge in [-0.3, -0.25) is 0 Å². The monoisotopic (exact) mass is 755 g/mol. The van der Waals surface area contributed by atoms with Gasteiger partial charge in [-0.25, -0.2) is 0 Å². The predicted molar refractivity (Wildman–Crippen MR) is 253 cm³/mol. The Balaban J connectivity index is 1.17. The van der Waals surface area contributed by atoms with E-state index in [-0.39, 0.29) is 5.41 Å². The fraction of sp³-hybridized carbons (Fsp3) is 0.0690. The molecule has 1 aliphatic carbocycles. The van der Waals surface area contributed by atoms with Crippen LogP contribution in [0.1, 0.15) is 37.5 Å². The van der Waals surface area contributed by atoms with E-state index in [4.69, 9.17) is 0 Å². The highest BCUT2D eigenvalue weighted by molar-refractivity contribution is 6.11. The van der Waals surface area contributed by atoms with Crippen molar-refractivity contribution in [3.63, 3.8) is 0 Å². The molecular weight excluding hydrogens is 711 g/mol. The van der Waals surface area contributed by atoms with Crippen LogP contribution in [-0.2, 0) is 5.41 Å². The number of nitrogens with zero attached hydrogens (tertiary/aromatic N) is 1. The Morgan fingerprint density at radius 2 is 0.932 bits per heavy atom. The summed E-state index contributed by atoms with van der Waals surface area (Å²) < 4.78 is 2.47. The number of rotatable bonds is 8. The van der Waals surface area contributed by atoms with E-state index in [1.54, 1.807) is 0 Å². The van der Waals surface area contributed by atoms with Gasteiger partial charge in [0.15, 0.2) is 0 Å². The summed E-state index contributed by atoms with van der Waals surface area (Å²) >= 11 is 0. The van der Waals surface area contributed by atoms with Crippen molar-refractivity contribution in [1.29, 1.82) is 0 Å². The number of para-hydroxylation sites is 1. The van der Waals surface area contributed by atoms with Gasteiger partial charge < -0.3 is 4.57 Å². The van der Waals surface area contributed by atoms with Gasteiger partial charge in [0.2, 0.25) is 0 Å². The van der Waals surface area contributed by atoms with Crippen molar-refractivity contribution in [3.05, 3.63) is 235 Å². The molecule has 0 fully saturated rings. The zero-order valence-electron chi connectivity index (χ0n) is 33.8. The molecule has 10 rings (SSSR count). The van der Waals surface area contributed by atoms with Crippen LogP contribution in [0.4, 0.5) is 0 Å². The molecule has 1 heterocycles. The number of benzene rings is 8. The van der Waals surface area contributed by atoms with E-state index < -0.39 is 0 Å². The zero-order valence-corrected chi connectivity index (χ0v) is 33.8. The lowest BCUT2D eigenvalue weighted by Gasteiger charge is -2.24. The fourth-order valence-electron chi connectivity index (χ4n) is 9.22. The Kier molecular flexibility index (Phi) is 8.96. The highest BCUT2D eigenvalue weighted by Crippen LogP contribution is 2.51. The summed E-state index contributed by atoms with van der Waals surface area (Å²) in [5.74, 6) is 0. The number of fused-ring (bicyclic) bond motifs is 4. The quantitative estimate of drug-likeness (QED) is 0.146. The smallest absolute Gasteiger partial charge is 0.0547 e. The first-order valence-electron chi connectivity index (χ1n) is 20.5. The molecule has 1 aliphatic rings. The lowest BCUT2D eigenvalue weighted by molar-refractivity contribution is 0.655. The van der Waals surface area contributed by atoms with Gasteiger partial charge in [-0.2, -0.15) is 0 Å². The van der Waals surface area contributed by atoms with E-state index in [0.717, 1.165) is 5.69 Å². The van der Waals surface area contributed by atoms with E-state index in [1.807, 2.05) is 0 Å². The summed E-state index contributed by atoms with van der Waals surface area (Å²) in [6.45, 7) is 11.4. The lowest BCUT2D eigenvalue weighted by Crippen LogP contribution is -2.16. The highest BCUT2D eigenvalue weighted by Gasteiger charge is 2.37. The molecule has 282 valence electrons. The predicted octanol–water partition coefficient (Wildman–Crippen LogP) is 15.8. The molecule has 0 saturated carbocycles. The Bertz CT molecular complexity index is 2990. The molecule has 0 atom stereocenters. The molecule has 1 nitrogen and oxygen atoms in total. The maximum atomic E-state index is 4.44. The minimum atomic E-state index is -0.259. The molecule has 0 aliphatic heterocycles. The molecule has 1 aromatic heterocycles. The lowest BCUT2D eigenvalue weighted by atomic mass is 9.79. The van der Waals surface area contributed by atoms with Crippen LogP contribution in [-0.4, -0.2) is 4.57 Å². The average Bonchev–Trinajstić information content (AvgIpc) is 3.73. The minimum Gasteiger partial charge on any atom is -0.309 e. The summed E-state index contributed by atoms with van der Waals surface area (Å²) in [7, 11) is 0. The largest absolute Gasteiger partial charge is 0.309 e. The third-order valence-corrected chi connectivity index (χ3v) is 12.3. The Morgan fingerprint density at radius 3 is 1.42 bits per heavy atom. The van der Waals surface area contributed by atoms with Gasteiger partial charge in [0, 0.05) is 21.9 Å². The van der Waals surface area contributed by atoms with Gasteiger partial charge in [0.05, 0.1) is 11.0 Å². The van der Waals surface area contributed by atoms with Gasteiger partial charge >= 0.3 is 0 Å². The third-order valence-electron chi connectivity index (χ3n) is 12.3. The minimum absolute atomic E-state index is 0.259. The van der Waals surface area contributed by atoms with Gasteiger partial charge in [-0.1, -0.05) is 172 Å². The fourth-order valence-corrected chi connectivity index (χ4v) is 9.22. The van der Waals surface area contributed by atoms with E-state index in [9.17, 15) is 0 Å². The summed E-state index contributed by atoms with van der Waals surface area (Å²) in [5.41, 5.74) is 20.4. The Labute approximate surface area is 347 Å². The van der Waals surface area contributed by atoms with Crippen LogP contribution in [0.15, 0.2) is 218 Å². The standard InChI is InChI=1S/C58H45N/c1-5-50-52-38-57-53(51-28-18-19-29-56(51)59(57)49-35-47(42-24-14-8-15-25-42)34-48(36-49)43-26-16-9-17-27-43)37-55(52)58(3,4)54(50)30-39(2)44-31-45(40-20-10-6-11-21-40)33-46(32-44)41-22-12-7-13-23-41/h5-38H,1H2,2-4H3/b39-30+. The molecule has 0 N–H and O–H groups in total. The summed E-state index contributed by atoms with van der Waals surface area (Å²) in [6.07, 6.45) is 4.49. The van der Waals surface area contributed by atoms with Crippen molar-refractivity contribution in [3.8, 4) is 50.2 Å². The van der Waals surface area contributed by atoms with Crippen molar-refractivity contribution in [2.24, 2.45) is 0 Å². The molecule has 0 unspecified atom stereocenters. The van der Waals surface area contributed by atoms with Crippen LogP contribution in [0.2, 0.25) is 0 Å². The van der Waals surface area contributed by atoms with Crippen LogP contribution >= 0.6 is 0 Å². The molecule has 0 radical (unpaired) electrons. The molecule has 0 saturated heterocycles. The summed E-state index contributed by atoms with van der Waals surface area (Å²) in [6, 6.07) is 70.6. The Hall–Kier alpha value is -7.22. The van der Waals surface area contributed by atoms with E-state index in [0.29, 0.717) is 0 Å². The maximum absolute atomic E-state index is 4.44. The molecule has 0 spiro atoms. The molecule has 9 aromatic rings. The topological polar surface area (TPSA) is 4.93 Å². The van der Waals surface area contributed by atoms with E-state index >= 15 is 0 Å². The van der Waals surface area contributed by atoms with Crippen LogP contribution < -0.4 is 0 Å². The van der Waals surface area contributed by atoms with Gasteiger partial charge in [0.25, 0.3) is 0 Å². The van der Waals surface area contributed by atoms with Gasteiger partial charge in [0.1, 0.15) is 0 Å². The molecule has 0 amide bonds. The number of hydrogen-bond donors (Lipinski definition) is 0. The van der Waals surface area contributed by atoms with Gasteiger partial charge in [-0.15, -0.1) is 0 Å². The number of hydrogen-bond acceptors (Lipinski definition) is 0. The van der Waals surface area contributed by atoms with E-state index in [2.05, 4.69) is 238 Å². The average molecular weight is 756 g/mol. The normalized spacial score (nSPS) is 13.6. The first-order valence-corrected chi connectivity index (χ1v) is 20.5. The first-order chi connectivity index (χ1) is 28.9. The van der Waals surface area contributed by atoms with Crippen LogP contribution in [0.3, 0.4) is 0 Å². The van der Waals surface area contributed by atoms with Crippen molar-refractivity contribution >= 4 is 33.0 Å². The molecule has 0 bridgehead atoms. The SMILES string of the molecule is C=CC1=C(/C=C(\C)c2cc(-c3ccccc3)cc(-c3ccccc3)c2)C(C)(C)c2cc3c4ccccc4n(-c4cc(-c5ccccc5)cc(-c5ccccc5)c4)c3cc21. The second-order valence-electron chi connectivity index (χ2n) is 16.3. The highest BCUT2D eigenvalue weighted by atomic mass is 15.0. The Morgan fingerprint density at radius 1 is 0.475 bits per heavy atom. The van der Waals surface area contributed by atoms with Crippen LogP contribution in [0, 0.1) is 0 Å². The van der Waals surface area contributed by atoms with E-state index in [1.165, 1.54) is 99.7 Å². The second kappa shape index (κ2) is 14.6. The summed E-state index contributed by atoms with van der Waals surface area (Å²) in [5, 5.41) is 2.51. The van der Waals surface area contributed by atoms with Crippen LogP contribution in [0.25, 0.3) is 83.1 Å². The van der Waals surface area contributed by atoms with Crippen molar-refractivity contribution in [2.45, 2.75) is 26.2 Å². The third kappa shape index (κ3) is 6.37. The van der Waals surface area contributed by atoms with Crippen LogP contribution in [0.5, 0.6) is 0 Å². The second-order valence-corrected chi connectivity index (χ2v) is 16.3. The molecule has 1 heteroatoms. The molecule has 59 heavy (non-hydrogen) atoms.